The average Bonchev–Trinajstić information content (AvgIpc) is 2.62. The molecule has 28 heavy (non-hydrogen) atoms. The van der Waals surface area contributed by atoms with Crippen LogP contribution in [0.1, 0.15) is 20.8 Å². The van der Waals surface area contributed by atoms with Gasteiger partial charge in [0, 0.05) is 34.4 Å². The molecule has 1 N–H and O–H groups in total. The second-order valence-electron chi connectivity index (χ2n) is 7.39. The summed E-state index contributed by atoms with van der Waals surface area (Å²) in [6.07, 6.45) is 1.50. The van der Waals surface area contributed by atoms with E-state index in [4.69, 9.17) is 11.6 Å². The van der Waals surface area contributed by atoms with Crippen LogP contribution in [0.25, 0.3) is 22.4 Å². The van der Waals surface area contributed by atoms with E-state index in [1.165, 1.54) is 18.3 Å². The standard InChI is InChI=1S/C22H19ClF2N2O/c1-22(2,3)21(28)27-20-15(14-9-8-13(24)12-18(14)25)10-11-26-19(20)16-6-4-5-7-17(16)23/h4-12H,1-3H3,(H,27,28). The van der Waals surface area contributed by atoms with Gasteiger partial charge in [-0.05, 0) is 24.3 Å². The number of hydrogen-bond donors (Lipinski definition) is 1. The maximum atomic E-state index is 14.5. The summed E-state index contributed by atoms with van der Waals surface area (Å²) in [4.78, 5) is 17.1. The van der Waals surface area contributed by atoms with Crippen molar-refractivity contribution in [3.63, 3.8) is 0 Å². The normalized spacial score (nSPS) is 11.4. The van der Waals surface area contributed by atoms with Crippen molar-refractivity contribution >= 4 is 23.2 Å². The van der Waals surface area contributed by atoms with Gasteiger partial charge >= 0.3 is 0 Å². The highest BCUT2D eigenvalue weighted by molar-refractivity contribution is 6.33. The number of hydrogen-bond acceptors (Lipinski definition) is 2. The molecule has 0 saturated heterocycles. The molecule has 0 unspecified atom stereocenters. The molecule has 0 atom stereocenters. The second kappa shape index (κ2) is 7.68. The van der Waals surface area contributed by atoms with Gasteiger partial charge in [0.25, 0.3) is 0 Å². The van der Waals surface area contributed by atoms with Crippen LogP contribution < -0.4 is 5.32 Å². The molecule has 0 radical (unpaired) electrons. The Morgan fingerprint density at radius 3 is 2.36 bits per heavy atom. The van der Waals surface area contributed by atoms with Gasteiger partial charge in [-0.1, -0.05) is 50.6 Å². The lowest BCUT2D eigenvalue weighted by Gasteiger charge is -2.22. The zero-order valence-electron chi connectivity index (χ0n) is 15.7. The molecule has 6 heteroatoms. The van der Waals surface area contributed by atoms with Gasteiger partial charge < -0.3 is 5.32 Å². The van der Waals surface area contributed by atoms with Gasteiger partial charge in [-0.2, -0.15) is 0 Å². The van der Waals surface area contributed by atoms with E-state index in [0.717, 1.165) is 6.07 Å². The molecule has 3 rings (SSSR count). The SMILES string of the molecule is CC(C)(C)C(=O)Nc1c(-c2ccc(F)cc2F)ccnc1-c1ccccc1Cl. The minimum absolute atomic E-state index is 0.154. The number of halogens is 3. The lowest BCUT2D eigenvalue weighted by Crippen LogP contribution is -2.28. The van der Waals surface area contributed by atoms with Gasteiger partial charge in [-0.3, -0.25) is 9.78 Å². The lowest BCUT2D eigenvalue weighted by molar-refractivity contribution is -0.123. The van der Waals surface area contributed by atoms with Crippen LogP contribution in [0.2, 0.25) is 5.02 Å². The predicted octanol–water partition coefficient (Wildman–Crippen LogP) is 6.33. The summed E-state index contributed by atoms with van der Waals surface area (Å²) in [6, 6.07) is 11.9. The maximum Gasteiger partial charge on any atom is 0.229 e. The van der Waals surface area contributed by atoms with E-state index in [2.05, 4.69) is 10.3 Å². The van der Waals surface area contributed by atoms with E-state index in [1.54, 1.807) is 51.1 Å². The van der Waals surface area contributed by atoms with Gasteiger partial charge in [-0.25, -0.2) is 8.78 Å². The lowest BCUT2D eigenvalue weighted by atomic mass is 9.94. The first kappa shape index (κ1) is 20.0. The number of pyridine rings is 1. The fraction of sp³-hybridized carbons (Fsp3) is 0.182. The molecule has 0 aliphatic carbocycles. The van der Waals surface area contributed by atoms with E-state index < -0.39 is 17.0 Å². The zero-order chi connectivity index (χ0) is 20.5. The zero-order valence-corrected chi connectivity index (χ0v) is 16.4. The molecule has 0 saturated carbocycles. The summed E-state index contributed by atoms with van der Waals surface area (Å²) in [5.41, 5.74) is 1.18. The van der Waals surface area contributed by atoms with Crippen molar-refractivity contribution in [1.29, 1.82) is 0 Å². The molecule has 0 aliphatic heterocycles. The van der Waals surface area contributed by atoms with E-state index in [1.807, 2.05) is 0 Å². The molecule has 0 spiro atoms. The Morgan fingerprint density at radius 2 is 1.71 bits per heavy atom. The summed E-state index contributed by atoms with van der Waals surface area (Å²) in [6.45, 7) is 5.31. The Labute approximate surface area is 167 Å². The van der Waals surface area contributed by atoms with Crippen LogP contribution in [0.4, 0.5) is 14.5 Å². The third kappa shape index (κ3) is 4.04. The highest BCUT2D eigenvalue weighted by Crippen LogP contribution is 2.39. The minimum atomic E-state index is -0.734. The Bertz CT molecular complexity index is 1040. The highest BCUT2D eigenvalue weighted by atomic mass is 35.5. The van der Waals surface area contributed by atoms with Crippen LogP contribution in [-0.2, 0) is 4.79 Å². The van der Waals surface area contributed by atoms with Crippen LogP contribution >= 0.6 is 11.6 Å². The largest absolute Gasteiger partial charge is 0.323 e. The van der Waals surface area contributed by atoms with Crippen LogP contribution in [0.5, 0.6) is 0 Å². The first-order valence-corrected chi connectivity index (χ1v) is 9.07. The molecule has 3 aromatic rings. The number of anilines is 1. The van der Waals surface area contributed by atoms with Crippen molar-refractivity contribution in [2.24, 2.45) is 5.41 Å². The molecule has 1 aromatic heterocycles. The van der Waals surface area contributed by atoms with Gasteiger partial charge in [0.2, 0.25) is 5.91 Å². The number of amides is 1. The summed E-state index contributed by atoms with van der Waals surface area (Å²) in [5.74, 6) is -1.68. The molecule has 1 heterocycles. The first-order chi connectivity index (χ1) is 13.2. The maximum absolute atomic E-state index is 14.5. The predicted molar refractivity (Wildman–Crippen MR) is 108 cm³/mol. The van der Waals surface area contributed by atoms with E-state index in [9.17, 15) is 13.6 Å². The van der Waals surface area contributed by atoms with Crippen LogP contribution in [0.15, 0.2) is 54.7 Å². The third-order valence-electron chi connectivity index (χ3n) is 4.22. The number of aromatic nitrogens is 1. The molecule has 2 aromatic carbocycles. The Kier molecular flexibility index (Phi) is 5.47. The summed E-state index contributed by atoms with van der Waals surface area (Å²) >= 11 is 6.33. The second-order valence-corrected chi connectivity index (χ2v) is 7.80. The fourth-order valence-corrected chi connectivity index (χ4v) is 2.90. The van der Waals surface area contributed by atoms with E-state index in [-0.39, 0.29) is 11.5 Å². The fourth-order valence-electron chi connectivity index (χ4n) is 2.68. The van der Waals surface area contributed by atoms with Gasteiger partial charge in [-0.15, -0.1) is 0 Å². The molecular formula is C22H19ClF2N2O. The molecular weight excluding hydrogens is 382 g/mol. The van der Waals surface area contributed by atoms with Crippen molar-refractivity contribution < 1.29 is 13.6 Å². The number of rotatable bonds is 3. The molecule has 1 amide bonds. The first-order valence-electron chi connectivity index (χ1n) is 8.69. The van der Waals surface area contributed by atoms with Crippen LogP contribution in [-0.4, -0.2) is 10.9 Å². The van der Waals surface area contributed by atoms with E-state index >= 15 is 0 Å². The van der Waals surface area contributed by atoms with Gasteiger partial charge in [0.05, 0.1) is 16.4 Å². The molecule has 0 fully saturated rings. The summed E-state index contributed by atoms with van der Waals surface area (Å²) < 4.78 is 27.9. The Hall–Kier alpha value is -2.79. The van der Waals surface area contributed by atoms with E-state index in [0.29, 0.717) is 27.5 Å². The van der Waals surface area contributed by atoms with Crippen molar-refractivity contribution in [3.05, 3.63) is 71.4 Å². The number of nitrogens with one attached hydrogen (secondary N) is 1. The summed E-state index contributed by atoms with van der Waals surface area (Å²) in [7, 11) is 0. The Balaban J connectivity index is 2.27. The molecule has 3 nitrogen and oxygen atoms in total. The highest BCUT2D eigenvalue weighted by Gasteiger charge is 2.25. The van der Waals surface area contributed by atoms with Crippen molar-refractivity contribution in [3.8, 4) is 22.4 Å². The third-order valence-corrected chi connectivity index (χ3v) is 4.55. The van der Waals surface area contributed by atoms with Gasteiger partial charge in [0.1, 0.15) is 11.6 Å². The smallest absolute Gasteiger partial charge is 0.229 e. The summed E-state index contributed by atoms with van der Waals surface area (Å²) in [5, 5.41) is 3.31. The molecule has 144 valence electrons. The molecule has 0 bridgehead atoms. The van der Waals surface area contributed by atoms with Crippen molar-refractivity contribution in [2.75, 3.05) is 5.32 Å². The minimum Gasteiger partial charge on any atom is -0.323 e. The molecule has 0 aliphatic rings. The Morgan fingerprint density at radius 1 is 1.00 bits per heavy atom. The number of nitrogens with zero attached hydrogens (tertiary/aromatic N) is 1. The monoisotopic (exact) mass is 400 g/mol. The van der Waals surface area contributed by atoms with Crippen LogP contribution in [0.3, 0.4) is 0 Å². The number of benzene rings is 2. The van der Waals surface area contributed by atoms with Crippen molar-refractivity contribution in [1.82, 2.24) is 4.98 Å². The average molecular weight is 401 g/mol. The van der Waals surface area contributed by atoms with Crippen molar-refractivity contribution in [2.45, 2.75) is 20.8 Å². The van der Waals surface area contributed by atoms with Gasteiger partial charge in [0.15, 0.2) is 0 Å². The topological polar surface area (TPSA) is 42.0 Å². The number of carbonyl (C=O) groups excluding carboxylic acids is 1. The number of carbonyl (C=O) groups is 1. The quantitative estimate of drug-likeness (QED) is 0.558. The van der Waals surface area contributed by atoms with Crippen LogP contribution in [0, 0.1) is 17.0 Å².